The van der Waals surface area contributed by atoms with E-state index in [0.29, 0.717) is 11.4 Å². The van der Waals surface area contributed by atoms with Crippen LogP contribution in [0.3, 0.4) is 0 Å². The minimum atomic E-state index is -0.742. The maximum absolute atomic E-state index is 13.2. The molecule has 3 aromatic rings. The van der Waals surface area contributed by atoms with Gasteiger partial charge in [-0.2, -0.15) is 0 Å². The number of nitrogens with one attached hydrogen (secondary N) is 1. The second-order valence-corrected chi connectivity index (χ2v) is 5.73. The lowest BCUT2D eigenvalue weighted by atomic mass is 10.1. The average Bonchev–Trinajstić information content (AvgIpc) is 3.18. The molecule has 1 aromatic carbocycles. The van der Waals surface area contributed by atoms with Crippen molar-refractivity contribution in [2.75, 3.05) is 0 Å². The van der Waals surface area contributed by atoms with Gasteiger partial charge in [0.05, 0.1) is 12.1 Å². The standard InChI is InChI=1S/C15H11FN4O2S/c16-10-3-1-2-9(4-10)5-11-7-23-13(19-11)6-12(21)14(22)15-17-8-18-20-15/h1-4,7-8H,5-6H2,(H,17,18,20). The summed E-state index contributed by atoms with van der Waals surface area (Å²) in [4.78, 5) is 31.7. The van der Waals surface area contributed by atoms with Crippen LogP contribution in [0, 0.1) is 5.82 Å². The first kappa shape index (κ1) is 15.2. The minimum absolute atomic E-state index is 0.0960. The monoisotopic (exact) mass is 330 g/mol. The Hall–Kier alpha value is -2.74. The van der Waals surface area contributed by atoms with Crippen LogP contribution in [-0.2, 0) is 17.6 Å². The van der Waals surface area contributed by atoms with Crippen molar-refractivity contribution in [3.05, 3.63) is 63.9 Å². The van der Waals surface area contributed by atoms with Gasteiger partial charge in [0.25, 0.3) is 5.78 Å². The third-order valence-corrected chi connectivity index (χ3v) is 3.95. The highest BCUT2D eigenvalue weighted by molar-refractivity contribution is 7.09. The number of aromatic amines is 1. The molecule has 0 atom stereocenters. The van der Waals surface area contributed by atoms with Crippen molar-refractivity contribution in [2.24, 2.45) is 0 Å². The highest BCUT2D eigenvalue weighted by Crippen LogP contribution is 2.16. The van der Waals surface area contributed by atoms with E-state index in [1.54, 1.807) is 17.5 Å². The molecule has 0 aliphatic carbocycles. The Bertz CT molecular complexity index is 845. The number of halogens is 1. The Labute approximate surface area is 134 Å². The predicted octanol–water partition coefficient (Wildman–Crippen LogP) is 1.99. The van der Waals surface area contributed by atoms with Crippen molar-refractivity contribution >= 4 is 22.9 Å². The number of rotatable bonds is 6. The number of hydrogen-bond acceptors (Lipinski definition) is 6. The normalized spacial score (nSPS) is 10.7. The molecule has 2 aromatic heterocycles. The molecule has 0 fully saturated rings. The van der Waals surface area contributed by atoms with Crippen molar-refractivity contribution in [2.45, 2.75) is 12.8 Å². The Kier molecular flexibility index (Phi) is 4.33. The Morgan fingerprint density at radius 2 is 2.17 bits per heavy atom. The van der Waals surface area contributed by atoms with E-state index in [-0.39, 0.29) is 18.1 Å². The van der Waals surface area contributed by atoms with Gasteiger partial charge in [-0.3, -0.25) is 14.7 Å². The van der Waals surface area contributed by atoms with Crippen LogP contribution in [0.2, 0.25) is 0 Å². The van der Waals surface area contributed by atoms with Gasteiger partial charge in [-0.15, -0.1) is 16.4 Å². The molecule has 6 nitrogen and oxygen atoms in total. The topological polar surface area (TPSA) is 88.6 Å². The van der Waals surface area contributed by atoms with Gasteiger partial charge < -0.3 is 0 Å². The Morgan fingerprint density at radius 3 is 2.91 bits per heavy atom. The first-order valence-corrected chi connectivity index (χ1v) is 7.61. The van der Waals surface area contributed by atoms with Crippen LogP contribution in [0.4, 0.5) is 4.39 Å². The van der Waals surface area contributed by atoms with Crippen molar-refractivity contribution in [3.63, 3.8) is 0 Å². The molecule has 0 unspecified atom stereocenters. The first-order valence-electron chi connectivity index (χ1n) is 6.73. The number of hydrogen-bond donors (Lipinski definition) is 1. The van der Waals surface area contributed by atoms with Gasteiger partial charge in [-0.25, -0.2) is 14.4 Å². The third kappa shape index (κ3) is 3.72. The molecule has 2 heterocycles. The summed E-state index contributed by atoms with van der Waals surface area (Å²) in [6.45, 7) is 0. The summed E-state index contributed by atoms with van der Waals surface area (Å²) < 4.78 is 13.2. The number of H-pyrrole nitrogens is 1. The second-order valence-electron chi connectivity index (χ2n) is 4.79. The van der Waals surface area contributed by atoms with E-state index < -0.39 is 11.6 Å². The molecule has 0 bridgehead atoms. The molecule has 0 saturated heterocycles. The summed E-state index contributed by atoms with van der Waals surface area (Å²) in [6, 6.07) is 6.26. The number of aromatic nitrogens is 4. The van der Waals surface area contributed by atoms with Gasteiger partial charge >= 0.3 is 0 Å². The molecule has 0 saturated carbocycles. The summed E-state index contributed by atoms with van der Waals surface area (Å²) in [6.07, 6.45) is 1.61. The molecule has 0 radical (unpaired) electrons. The quantitative estimate of drug-likeness (QED) is 0.551. The fourth-order valence-electron chi connectivity index (χ4n) is 2.03. The Balaban J connectivity index is 1.65. The van der Waals surface area contributed by atoms with Crippen molar-refractivity contribution < 1.29 is 14.0 Å². The predicted molar refractivity (Wildman–Crippen MR) is 80.7 cm³/mol. The molecule has 8 heteroatoms. The zero-order valence-electron chi connectivity index (χ0n) is 11.8. The van der Waals surface area contributed by atoms with Crippen LogP contribution < -0.4 is 0 Å². The fourth-order valence-corrected chi connectivity index (χ4v) is 2.82. The van der Waals surface area contributed by atoms with E-state index in [0.717, 1.165) is 11.3 Å². The molecule has 0 spiro atoms. The highest BCUT2D eigenvalue weighted by atomic mass is 32.1. The summed E-state index contributed by atoms with van der Waals surface area (Å²) in [5.74, 6) is -1.80. The van der Waals surface area contributed by atoms with Crippen LogP contribution in [0.1, 0.15) is 26.9 Å². The first-order chi connectivity index (χ1) is 11.1. The number of carbonyl (C=O) groups excluding carboxylic acids is 2. The number of carbonyl (C=O) groups is 2. The lowest BCUT2D eigenvalue weighted by Gasteiger charge is -1.98. The number of Topliss-reactive ketones (excluding diaryl/α,β-unsaturated/α-hetero) is 2. The summed E-state index contributed by atoms with van der Waals surface area (Å²) in [5, 5.41) is 8.31. The number of nitrogens with zero attached hydrogens (tertiary/aromatic N) is 3. The van der Waals surface area contributed by atoms with Crippen LogP contribution in [0.25, 0.3) is 0 Å². The van der Waals surface area contributed by atoms with Crippen molar-refractivity contribution in [3.8, 4) is 0 Å². The number of benzene rings is 1. The lowest BCUT2D eigenvalue weighted by Crippen LogP contribution is -2.18. The van der Waals surface area contributed by atoms with E-state index in [9.17, 15) is 14.0 Å². The summed E-state index contributed by atoms with van der Waals surface area (Å²) in [7, 11) is 0. The molecule has 23 heavy (non-hydrogen) atoms. The third-order valence-electron chi connectivity index (χ3n) is 3.06. The van der Waals surface area contributed by atoms with Gasteiger partial charge in [0, 0.05) is 11.8 Å². The maximum atomic E-state index is 13.2. The molecule has 3 rings (SSSR count). The van der Waals surface area contributed by atoms with Crippen LogP contribution >= 0.6 is 11.3 Å². The van der Waals surface area contributed by atoms with Gasteiger partial charge in [-0.05, 0) is 17.7 Å². The minimum Gasteiger partial charge on any atom is -0.290 e. The molecule has 1 N–H and O–H groups in total. The molecular formula is C15H11FN4O2S. The van der Waals surface area contributed by atoms with Gasteiger partial charge in [0.15, 0.2) is 0 Å². The molecular weight excluding hydrogens is 319 g/mol. The van der Waals surface area contributed by atoms with E-state index in [1.165, 1.54) is 29.8 Å². The van der Waals surface area contributed by atoms with Crippen molar-refractivity contribution in [1.29, 1.82) is 0 Å². The van der Waals surface area contributed by atoms with E-state index in [4.69, 9.17) is 0 Å². The van der Waals surface area contributed by atoms with E-state index in [2.05, 4.69) is 20.2 Å². The van der Waals surface area contributed by atoms with Crippen LogP contribution in [0.15, 0.2) is 36.0 Å². The lowest BCUT2D eigenvalue weighted by molar-refractivity contribution is -0.114. The smallest absolute Gasteiger partial charge is 0.268 e. The van der Waals surface area contributed by atoms with E-state index in [1.807, 2.05) is 0 Å². The average molecular weight is 330 g/mol. The van der Waals surface area contributed by atoms with Gasteiger partial charge in [0.1, 0.15) is 17.2 Å². The van der Waals surface area contributed by atoms with Crippen LogP contribution in [-0.4, -0.2) is 31.7 Å². The SMILES string of the molecule is O=C(Cc1nc(Cc2cccc(F)c2)cs1)C(=O)c1nc[nH]n1. The van der Waals surface area contributed by atoms with Gasteiger partial charge in [-0.1, -0.05) is 12.1 Å². The summed E-state index contributed by atoms with van der Waals surface area (Å²) >= 11 is 1.29. The molecule has 0 aliphatic heterocycles. The zero-order valence-corrected chi connectivity index (χ0v) is 12.6. The molecule has 0 amide bonds. The highest BCUT2D eigenvalue weighted by Gasteiger charge is 2.21. The van der Waals surface area contributed by atoms with Gasteiger partial charge in [0.2, 0.25) is 11.6 Å². The second kappa shape index (κ2) is 6.57. The van der Waals surface area contributed by atoms with Crippen molar-refractivity contribution in [1.82, 2.24) is 20.2 Å². The number of ketones is 2. The maximum Gasteiger partial charge on any atom is 0.268 e. The van der Waals surface area contributed by atoms with Crippen LogP contribution in [0.5, 0.6) is 0 Å². The fraction of sp³-hybridized carbons (Fsp3) is 0.133. The Morgan fingerprint density at radius 1 is 1.30 bits per heavy atom. The zero-order chi connectivity index (χ0) is 16.2. The molecule has 0 aliphatic rings. The number of thiazole rings is 1. The van der Waals surface area contributed by atoms with E-state index >= 15 is 0 Å². The summed E-state index contributed by atoms with van der Waals surface area (Å²) in [5.41, 5.74) is 1.53. The largest absolute Gasteiger partial charge is 0.290 e. The molecule has 116 valence electrons.